The van der Waals surface area contributed by atoms with E-state index >= 15 is 0 Å². The number of amides is 1. The van der Waals surface area contributed by atoms with Crippen LogP contribution < -0.4 is 5.32 Å². The lowest BCUT2D eigenvalue weighted by atomic mass is 10.00. The molecule has 0 fully saturated rings. The van der Waals surface area contributed by atoms with Gasteiger partial charge in [-0.05, 0) is 48.0 Å². The van der Waals surface area contributed by atoms with Crippen molar-refractivity contribution in [1.82, 2.24) is 0 Å². The minimum atomic E-state index is -0.935. The molecule has 6 heteroatoms. The Morgan fingerprint density at radius 1 is 0.967 bits per heavy atom. The fourth-order valence-corrected chi connectivity index (χ4v) is 3.55. The first-order valence-corrected chi connectivity index (χ1v) is 10.4. The number of nitrogens with one attached hydrogen (secondary N) is 1. The molecule has 0 bridgehead atoms. The molecule has 1 atom stereocenters. The molecule has 4 nitrogen and oxygen atoms in total. The maximum atomic E-state index is 12.8. The van der Waals surface area contributed by atoms with Crippen LogP contribution in [-0.2, 0) is 0 Å². The van der Waals surface area contributed by atoms with Gasteiger partial charge in [-0.25, -0.2) is 0 Å². The molecular formula is C24H17BrClNO3. The van der Waals surface area contributed by atoms with Gasteiger partial charge in [-0.2, -0.15) is 0 Å². The van der Waals surface area contributed by atoms with Crippen molar-refractivity contribution in [3.05, 3.63) is 111 Å². The summed E-state index contributed by atoms with van der Waals surface area (Å²) in [6.07, 6.45) is -0.935. The first-order valence-electron chi connectivity index (χ1n) is 9.21. The van der Waals surface area contributed by atoms with Crippen LogP contribution in [0.5, 0.6) is 0 Å². The molecule has 0 aliphatic carbocycles. The zero-order valence-electron chi connectivity index (χ0n) is 15.7. The fourth-order valence-electron chi connectivity index (χ4n) is 3.10. The molecule has 4 rings (SSSR count). The Hall–Kier alpha value is -2.86. The van der Waals surface area contributed by atoms with Gasteiger partial charge < -0.3 is 14.8 Å². The Morgan fingerprint density at radius 2 is 1.70 bits per heavy atom. The molecule has 1 amide bonds. The van der Waals surface area contributed by atoms with Gasteiger partial charge in [-0.3, -0.25) is 4.79 Å². The highest BCUT2D eigenvalue weighted by molar-refractivity contribution is 9.10. The third-order valence-corrected chi connectivity index (χ3v) is 5.39. The zero-order chi connectivity index (χ0) is 21.1. The van der Waals surface area contributed by atoms with Crippen molar-refractivity contribution in [2.75, 3.05) is 5.32 Å². The molecule has 0 aliphatic heterocycles. The molecule has 3 aromatic carbocycles. The largest absolute Gasteiger partial charge is 0.451 e. The van der Waals surface area contributed by atoms with E-state index in [1.54, 1.807) is 30.3 Å². The Morgan fingerprint density at radius 3 is 2.43 bits per heavy atom. The van der Waals surface area contributed by atoms with Crippen LogP contribution in [0, 0.1) is 0 Å². The fraction of sp³-hybridized carbons (Fsp3) is 0.0417. The molecule has 4 aromatic rings. The van der Waals surface area contributed by atoms with Crippen molar-refractivity contribution < 1.29 is 14.3 Å². The van der Waals surface area contributed by atoms with E-state index in [9.17, 15) is 9.90 Å². The normalized spacial score (nSPS) is 11.8. The van der Waals surface area contributed by atoms with Crippen molar-refractivity contribution in [2.45, 2.75) is 6.10 Å². The molecule has 0 spiro atoms. The maximum Gasteiger partial charge on any atom is 0.291 e. The number of halogens is 2. The van der Waals surface area contributed by atoms with E-state index < -0.39 is 12.0 Å². The van der Waals surface area contributed by atoms with Gasteiger partial charge in [0.05, 0.1) is 0 Å². The lowest BCUT2D eigenvalue weighted by molar-refractivity contribution is 0.0997. The van der Waals surface area contributed by atoms with Gasteiger partial charge in [0.25, 0.3) is 5.91 Å². The lowest BCUT2D eigenvalue weighted by Crippen LogP contribution is -2.14. The van der Waals surface area contributed by atoms with Crippen LogP contribution in [0.4, 0.5) is 5.69 Å². The molecule has 30 heavy (non-hydrogen) atoms. The van der Waals surface area contributed by atoms with Crippen LogP contribution in [-0.4, -0.2) is 11.0 Å². The van der Waals surface area contributed by atoms with Crippen LogP contribution in [0.15, 0.2) is 93.8 Å². The van der Waals surface area contributed by atoms with E-state index in [4.69, 9.17) is 16.0 Å². The monoisotopic (exact) mass is 481 g/mol. The summed E-state index contributed by atoms with van der Waals surface area (Å²) in [7, 11) is 0. The van der Waals surface area contributed by atoms with E-state index in [1.807, 2.05) is 54.6 Å². The summed E-state index contributed by atoms with van der Waals surface area (Å²) in [5.74, 6) is 0.346. The quantitative estimate of drug-likeness (QED) is 0.333. The molecule has 0 radical (unpaired) electrons. The molecule has 0 unspecified atom stereocenters. The van der Waals surface area contributed by atoms with E-state index in [2.05, 4.69) is 21.2 Å². The van der Waals surface area contributed by atoms with E-state index in [0.717, 1.165) is 10.0 Å². The number of anilines is 1. The standard InChI is InChI=1S/C24H17BrClNO3/c25-17-8-6-15(7-9-17)21-12-13-22(30-21)24(29)27-20-11-10-18(26)14-19(20)23(28)16-4-2-1-3-5-16/h1-14,23,28H,(H,27,29)/t23-/m1/s1. The van der Waals surface area contributed by atoms with E-state index in [0.29, 0.717) is 27.6 Å². The zero-order valence-corrected chi connectivity index (χ0v) is 18.0. The Bertz CT molecular complexity index is 1170. The number of carbonyl (C=O) groups excluding carboxylic acids is 1. The Balaban J connectivity index is 1.59. The number of benzene rings is 3. The van der Waals surface area contributed by atoms with Gasteiger partial charge in [-0.15, -0.1) is 0 Å². The van der Waals surface area contributed by atoms with Crippen molar-refractivity contribution in [2.24, 2.45) is 0 Å². The summed E-state index contributed by atoms with van der Waals surface area (Å²) < 4.78 is 6.70. The predicted molar refractivity (Wildman–Crippen MR) is 122 cm³/mol. The second kappa shape index (κ2) is 8.88. The summed E-state index contributed by atoms with van der Waals surface area (Å²) in [5, 5.41) is 14.1. The van der Waals surface area contributed by atoms with Crippen molar-refractivity contribution in [1.29, 1.82) is 0 Å². The lowest BCUT2D eigenvalue weighted by Gasteiger charge is -2.17. The van der Waals surface area contributed by atoms with Crippen LogP contribution in [0.25, 0.3) is 11.3 Å². The molecule has 1 aromatic heterocycles. The molecular weight excluding hydrogens is 466 g/mol. The molecule has 0 saturated heterocycles. The first-order chi connectivity index (χ1) is 14.5. The average Bonchev–Trinajstić information content (AvgIpc) is 3.26. The summed E-state index contributed by atoms with van der Waals surface area (Å²) in [6, 6.07) is 25.1. The van der Waals surface area contributed by atoms with Gasteiger partial charge in [0.15, 0.2) is 5.76 Å². The van der Waals surface area contributed by atoms with E-state index in [-0.39, 0.29) is 5.76 Å². The topological polar surface area (TPSA) is 62.5 Å². The minimum absolute atomic E-state index is 0.169. The second-order valence-corrected chi connectivity index (χ2v) is 8.02. The van der Waals surface area contributed by atoms with Gasteiger partial charge >= 0.3 is 0 Å². The smallest absolute Gasteiger partial charge is 0.291 e. The summed E-state index contributed by atoms with van der Waals surface area (Å²) in [6.45, 7) is 0. The van der Waals surface area contributed by atoms with Crippen molar-refractivity contribution in [3.8, 4) is 11.3 Å². The molecule has 1 heterocycles. The number of hydrogen-bond acceptors (Lipinski definition) is 3. The number of rotatable bonds is 5. The van der Waals surface area contributed by atoms with Crippen LogP contribution in [0.3, 0.4) is 0 Å². The van der Waals surface area contributed by atoms with Gasteiger partial charge in [-0.1, -0.05) is 70.0 Å². The number of aliphatic hydroxyl groups is 1. The Kier molecular flexibility index (Phi) is 6.04. The highest BCUT2D eigenvalue weighted by Gasteiger charge is 2.19. The molecule has 2 N–H and O–H groups in total. The highest BCUT2D eigenvalue weighted by atomic mass is 79.9. The maximum absolute atomic E-state index is 12.8. The highest BCUT2D eigenvalue weighted by Crippen LogP contribution is 2.31. The minimum Gasteiger partial charge on any atom is -0.451 e. The number of carbonyl (C=O) groups is 1. The van der Waals surface area contributed by atoms with Crippen LogP contribution in [0.1, 0.15) is 27.8 Å². The second-order valence-electron chi connectivity index (χ2n) is 6.67. The average molecular weight is 483 g/mol. The van der Waals surface area contributed by atoms with Crippen LogP contribution >= 0.6 is 27.5 Å². The number of aliphatic hydroxyl groups excluding tert-OH is 1. The first kappa shape index (κ1) is 20.4. The summed E-state index contributed by atoms with van der Waals surface area (Å²) >= 11 is 9.54. The molecule has 0 saturated carbocycles. The SMILES string of the molecule is O=C(Nc1ccc(Cl)cc1[C@H](O)c1ccccc1)c1ccc(-c2ccc(Br)cc2)o1. The van der Waals surface area contributed by atoms with Gasteiger partial charge in [0.1, 0.15) is 11.9 Å². The third-order valence-electron chi connectivity index (χ3n) is 4.63. The summed E-state index contributed by atoms with van der Waals surface area (Å²) in [4.78, 5) is 12.8. The van der Waals surface area contributed by atoms with Gasteiger partial charge in [0.2, 0.25) is 0 Å². The molecule has 0 aliphatic rings. The van der Waals surface area contributed by atoms with E-state index in [1.165, 1.54) is 0 Å². The molecule has 150 valence electrons. The number of hydrogen-bond donors (Lipinski definition) is 2. The van der Waals surface area contributed by atoms with Crippen molar-refractivity contribution in [3.63, 3.8) is 0 Å². The summed E-state index contributed by atoms with van der Waals surface area (Å²) in [5.41, 5.74) is 2.53. The predicted octanol–water partition coefficient (Wildman–Crippen LogP) is 6.70. The Labute approximate surface area is 187 Å². The van der Waals surface area contributed by atoms with Gasteiger partial charge in [0, 0.05) is 26.3 Å². The third kappa shape index (κ3) is 4.49. The number of furan rings is 1. The van der Waals surface area contributed by atoms with Crippen molar-refractivity contribution >= 4 is 39.1 Å². The van der Waals surface area contributed by atoms with Crippen LogP contribution in [0.2, 0.25) is 5.02 Å².